The molecule has 0 bridgehead atoms. The van der Waals surface area contributed by atoms with Crippen molar-refractivity contribution >= 4 is 10.0 Å². The predicted octanol–water partition coefficient (Wildman–Crippen LogP) is 2.00. The van der Waals surface area contributed by atoms with Crippen molar-refractivity contribution in [1.29, 1.82) is 0 Å². The zero-order valence-corrected chi connectivity index (χ0v) is 11.5. The largest absolute Gasteiger partial charge is 0.496 e. The third kappa shape index (κ3) is 4.02. The Balaban J connectivity index is 3.01. The smallest absolute Gasteiger partial charge is 0.209 e. The molecular formula is C12H19NO3S. The molecule has 0 saturated carbocycles. The highest BCUT2D eigenvalue weighted by Crippen LogP contribution is 2.24. The topological polar surface area (TPSA) is 55.4 Å². The molecule has 0 aliphatic carbocycles. The third-order valence-electron chi connectivity index (χ3n) is 2.59. The normalized spacial score (nSPS) is 13.4. The summed E-state index contributed by atoms with van der Waals surface area (Å²) < 4.78 is 30.3. The third-order valence-corrected chi connectivity index (χ3v) is 3.30. The van der Waals surface area contributed by atoms with Gasteiger partial charge in [-0.1, -0.05) is 19.1 Å². The first-order valence-electron chi connectivity index (χ1n) is 5.49. The SMILES string of the molecule is CC[C@H](NS(C)(=O)=O)c1ccc(OC)c(C)c1. The van der Waals surface area contributed by atoms with Crippen LogP contribution < -0.4 is 9.46 Å². The Hall–Kier alpha value is -1.07. The van der Waals surface area contributed by atoms with E-state index in [0.29, 0.717) is 6.42 Å². The first kappa shape index (κ1) is 14.0. The lowest BCUT2D eigenvalue weighted by Gasteiger charge is -2.17. The van der Waals surface area contributed by atoms with Crippen LogP contribution in [0.1, 0.15) is 30.5 Å². The second-order valence-electron chi connectivity index (χ2n) is 4.08. The fraction of sp³-hybridized carbons (Fsp3) is 0.500. The molecule has 0 heterocycles. The standard InChI is InChI=1S/C12H19NO3S/c1-5-11(13-17(4,14)15)10-6-7-12(16-3)9(2)8-10/h6-8,11,13H,5H2,1-4H3/t11-/m0/s1. The van der Waals surface area contributed by atoms with Crippen molar-refractivity contribution in [2.24, 2.45) is 0 Å². The fourth-order valence-electron chi connectivity index (χ4n) is 1.76. The van der Waals surface area contributed by atoms with Gasteiger partial charge >= 0.3 is 0 Å². The van der Waals surface area contributed by atoms with Crippen LogP contribution in [0.25, 0.3) is 0 Å². The maximum atomic E-state index is 11.2. The quantitative estimate of drug-likeness (QED) is 0.877. The molecule has 0 aromatic heterocycles. The monoisotopic (exact) mass is 257 g/mol. The van der Waals surface area contributed by atoms with Gasteiger partial charge in [0.15, 0.2) is 0 Å². The van der Waals surface area contributed by atoms with Crippen LogP contribution in [0, 0.1) is 6.92 Å². The van der Waals surface area contributed by atoms with E-state index in [-0.39, 0.29) is 6.04 Å². The average Bonchev–Trinajstić information content (AvgIpc) is 2.24. The van der Waals surface area contributed by atoms with Crippen molar-refractivity contribution in [3.05, 3.63) is 29.3 Å². The molecule has 17 heavy (non-hydrogen) atoms. The number of benzene rings is 1. The van der Waals surface area contributed by atoms with Crippen molar-refractivity contribution in [3.63, 3.8) is 0 Å². The van der Waals surface area contributed by atoms with E-state index in [2.05, 4.69) is 4.72 Å². The van der Waals surface area contributed by atoms with Crippen LogP contribution in [0.2, 0.25) is 0 Å². The van der Waals surface area contributed by atoms with Gasteiger partial charge in [-0.25, -0.2) is 13.1 Å². The Morgan fingerprint density at radius 1 is 1.41 bits per heavy atom. The number of nitrogens with one attached hydrogen (secondary N) is 1. The minimum atomic E-state index is -3.19. The lowest BCUT2D eigenvalue weighted by atomic mass is 10.0. The highest BCUT2D eigenvalue weighted by atomic mass is 32.2. The van der Waals surface area contributed by atoms with Gasteiger partial charge < -0.3 is 4.74 Å². The summed E-state index contributed by atoms with van der Waals surface area (Å²) in [7, 11) is -1.57. The second kappa shape index (κ2) is 5.51. The summed E-state index contributed by atoms with van der Waals surface area (Å²) in [5.74, 6) is 0.808. The molecule has 1 N–H and O–H groups in total. The van der Waals surface area contributed by atoms with Gasteiger partial charge in [-0.15, -0.1) is 0 Å². The van der Waals surface area contributed by atoms with E-state index in [9.17, 15) is 8.42 Å². The van der Waals surface area contributed by atoms with Crippen LogP contribution in [0.5, 0.6) is 5.75 Å². The molecule has 0 fully saturated rings. The molecule has 5 heteroatoms. The van der Waals surface area contributed by atoms with Crippen LogP contribution in [-0.2, 0) is 10.0 Å². The molecule has 1 rings (SSSR count). The van der Waals surface area contributed by atoms with Gasteiger partial charge in [0.25, 0.3) is 0 Å². The second-order valence-corrected chi connectivity index (χ2v) is 5.86. The first-order valence-corrected chi connectivity index (χ1v) is 7.38. The predicted molar refractivity (Wildman–Crippen MR) is 68.7 cm³/mol. The zero-order chi connectivity index (χ0) is 13.1. The highest BCUT2D eigenvalue weighted by Gasteiger charge is 2.14. The number of aryl methyl sites for hydroxylation is 1. The minimum Gasteiger partial charge on any atom is -0.496 e. The molecule has 96 valence electrons. The maximum absolute atomic E-state index is 11.2. The molecule has 0 saturated heterocycles. The van der Waals surface area contributed by atoms with Crippen LogP contribution in [0.3, 0.4) is 0 Å². The Kier molecular flexibility index (Phi) is 4.54. The van der Waals surface area contributed by atoms with Crippen molar-refractivity contribution in [2.45, 2.75) is 26.3 Å². The summed E-state index contributed by atoms with van der Waals surface area (Å²) in [5.41, 5.74) is 1.95. The Morgan fingerprint density at radius 2 is 2.06 bits per heavy atom. The van der Waals surface area contributed by atoms with Gasteiger partial charge in [-0.2, -0.15) is 0 Å². The van der Waals surface area contributed by atoms with E-state index in [1.54, 1.807) is 7.11 Å². The first-order chi connectivity index (χ1) is 7.87. The van der Waals surface area contributed by atoms with E-state index in [1.165, 1.54) is 6.26 Å². The van der Waals surface area contributed by atoms with Crippen molar-refractivity contribution < 1.29 is 13.2 Å². The molecule has 4 nitrogen and oxygen atoms in total. The van der Waals surface area contributed by atoms with Gasteiger partial charge in [-0.3, -0.25) is 0 Å². The Labute approximate surface area is 103 Å². The molecule has 0 aliphatic heterocycles. The van der Waals surface area contributed by atoms with Crippen LogP contribution in [-0.4, -0.2) is 21.8 Å². The lowest BCUT2D eigenvalue weighted by Crippen LogP contribution is -2.27. The number of methoxy groups -OCH3 is 1. The molecule has 0 radical (unpaired) electrons. The summed E-state index contributed by atoms with van der Waals surface area (Å²) in [6.45, 7) is 3.89. The van der Waals surface area contributed by atoms with E-state index in [1.807, 2.05) is 32.0 Å². The number of rotatable bonds is 5. The summed E-state index contributed by atoms with van der Waals surface area (Å²) in [5, 5.41) is 0. The van der Waals surface area contributed by atoms with Gasteiger partial charge in [0.2, 0.25) is 10.0 Å². The van der Waals surface area contributed by atoms with E-state index >= 15 is 0 Å². The van der Waals surface area contributed by atoms with Crippen LogP contribution in [0.4, 0.5) is 0 Å². The number of hydrogen-bond acceptors (Lipinski definition) is 3. The summed E-state index contributed by atoms with van der Waals surface area (Å²) in [6.07, 6.45) is 1.88. The number of sulfonamides is 1. The summed E-state index contributed by atoms with van der Waals surface area (Å²) in [4.78, 5) is 0. The number of ether oxygens (including phenoxy) is 1. The molecule has 0 spiro atoms. The minimum absolute atomic E-state index is 0.186. The molecule has 1 atom stereocenters. The molecular weight excluding hydrogens is 238 g/mol. The van der Waals surface area contributed by atoms with E-state index in [4.69, 9.17) is 4.74 Å². The molecule has 0 amide bonds. The maximum Gasteiger partial charge on any atom is 0.209 e. The van der Waals surface area contributed by atoms with E-state index in [0.717, 1.165) is 16.9 Å². The van der Waals surface area contributed by atoms with Gasteiger partial charge in [0, 0.05) is 6.04 Å². The van der Waals surface area contributed by atoms with Crippen molar-refractivity contribution in [2.75, 3.05) is 13.4 Å². The van der Waals surface area contributed by atoms with Gasteiger partial charge in [-0.05, 0) is 30.5 Å². The van der Waals surface area contributed by atoms with Gasteiger partial charge in [0.1, 0.15) is 5.75 Å². The summed E-state index contributed by atoms with van der Waals surface area (Å²) in [6, 6.07) is 5.51. The molecule has 1 aromatic carbocycles. The average molecular weight is 257 g/mol. The summed E-state index contributed by atoms with van der Waals surface area (Å²) >= 11 is 0. The number of hydrogen-bond donors (Lipinski definition) is 1. The molecule has 0 aliphatic rings. The van der Waals surface area contributed by atoms with Crippen LogP contribution >= 0.6 is 0 Å². The highest BCUT2D eigenvalue weighted by molar-refractivity contribution is 7.88. The van der Waals surface area contributed by atoms with Crippen molar-refractivity contribution in [3.8, 4) is 5.75 Å². The fourth-order valence-corrected chi connectivity index (χ4v) is 2.58. The molecule has 1 aromatic rings. The van der Waals surface area contributed by atoms with Crippen LogP contribution in [0.15, 0.2) is 18.2 Å². The zero-order valence-electron chi connectivity index (χ0n) is 10.6. The van der Waals surface area contributed by atoms with Crippen molar-refractivity contribution in [1.82, 2.24) is 4.72 Å². The van der Waals surface area contributed by atoms with E-state index < -0.39 is 10.0 Å². The Bertz CT molecular complexity index is 483. The molecule has 0 unspecified atom stereocenters. The lowest BCUT2D eigenvalue weighted by molar-refractivity contribution is 0.411. The van der Waals surface area contributed by atoms with Gasteiger partial charge in [0.05, 0.1) is 13.4 Å². The Morgan fingerprint density at radius 3 is 2.47 bits per heavy atom.